The fourth-order valence-corrected chi connectivity index (χ4v) is 1.24. The SMILES string of the molecule is C=CCNC(=O)c1ccccc1NC(C)=O. The van der Waals surface area contributed by atoms with E-state index in [0.717, 1.165) is 0 Å². The Morgan fingerprint density at radius 2 is 2.06 bits per heavy atom. The number of hydrogen-bond donors (Lipinski definition) is 2. The number of amides is 2. The second-order valence-corrected chi connectivity index (χ2v) is 3.23. The fourth-order valence-electron chi connectivity index (χ4n) is 1.24. The van der Waals surface area contributed by atoms with Crippen molar-refractivity contribution >= 4 is 17.5 Å². The smallest absolute Gasteiger partial charge is 0.253 e. The van der Waals surface area contributed by atoms with Crippen LogP contribution in [0.25, 0.3) is 0 Å². The maximum Gasteiger partial charge on any atom is 0.253 e. The van der Waals surface area contributed by atoms with Crippen LogP contribution in [-0.4, -0.2) is 18.4 Å². The van der Waals surface area contributed by atoms with Gasteiger partial charge in [-0.2, -0.15) is 0 Å². The predicted molar refractivity (Wildman–Crippen MR) is 63.3 cm³/mol. The van der Waals surface area contributed by atoms with Gasteiger partial charge in [-0.1, -0.05) is 18.2 Å². The van der Waals surface area contributed by atoms with Gasteiger partial charge in [0.05, 0.1) is 11.3 Å². The Bertz CT molecular complexity index is 413. The first-order valence-electron chi connectivity index (χ1n) is 4.91. The fraction of sp³-hybridized carbons (Fsp3) is 0.167. The third kappa shape index (κ3) is 3.24. The van der Waals surface area contributed by atoms with Gasteiger partial charge in [-0.05, 0) is 12.1 Å². The number of carbonyl (C=O) groups excluding carboxylic acids is 2. The van der Waals surface area contributed by atoms with E-state index in [1.54, 1.807) is 30.3 Å². The molecule has 0 atom stereocenters. The van der Waals surface area contributed by atoms with E-state index in [9.17, 15) is 9.59 Å². The van der Waals surface area contributed by atoms with E-state index in [-0.39, 0.29) is 11.8 Å². The summed E-state index contributed by atoms with van der Waals surface area (Å²) in [5.74, 6) is -0.437. The summed E-state index contributed by atoms with van der Waals surface area (Å²) in [7, 11) is 0. The van der Waals surface area contributed by atoms with E-state index in [0.29, 0.717) is 17.8 Å². The molecular weight excluding hydrogens is 204 g/mol. The van der Waals surface area contributed by atoms with Crippen LogP contribution in [0.15, 0.2) is 36.9 Å². The van der Waals surface area contributed by atoms with Crippen molar-refractivity contribution < 1.29 is 9.59 Å². The van der Waals surface area contributed by atoms with Crippen LogP contribution in [0, 0.1) is 0 Å². The van der Waals surface area contributed by atoms with Gasteiger partial charge in [0.25, 0.3) is 5.91 Å². The molecule has 2 N–H and O–H groups in total. The van der Waals surface area contributed by atoms with Gasteiger partial charge in [0.1, 0.15) is 0 Å². The van der Waals surface area contributed by atoms with Crippen molar-refractivity contribution in [3.63, 3.8) is 0 Å². The van der Waals surface area contributed by atoms with Crippen molar-refractivity contribution in [3.8, 4) is 0 Å². The third-order valence-electron chi connectivity index (χ3n) is 1.89. The molecule has 1 aromatic carbocycles. The van der Waals surface area contributed by atoms with Gasteiger partial charge in [-0.3, -0.25) is 9.59 Å². The van der Waals surface area contributed by atoms with Crippen LogP contribution >= 0.6 is 0 Å². The summed E-state index contributed by atoms with van der Waals surface area (Å²) in [5.41, 5.74) is 0.955. The minimum absolute atomic E-state index is 0.205. The molecule has 0 aliphatic rings. The summed E-state index contributed by atoms with van der Waals surface area (Å²) in [5, 5.41) is 5.26. The highest BCUT2D eigenvalue weighted by Crippen LogP contribution is 2.14. The molecule has 1 aromatic rings. The Morgan fingerprint density at radius 1 is 1.38 bits per heavy atom. The first-order chi connectivity index (χ1) is 7.65. The van der Waals surface area contributed by atoms with Crippen molar-refractivity contribution in [1.82, 2.24) is 5.32 Å². The first-order valence-corrected chi connectivity index (χ1v) is 4.91. The van der Waals surface area contributed by atoms with Crippen molar-refractivity contribution in [1.29, 1.82) is 0 Å². The molecule has 0 fully saturated rings. The average Bonchev–Trinajstić information content (AvgIpc) is 2.26. The number of rotatable bonds is 4. The van der Waals surface area contributed by atoms with Crippen molar-refractivity contribution in [2.75, 3.05) is 11.9 Å². The third-order valence-corrected chi connectivity index (χ3v) is 1.89. The molecule has 2 amide bonds. The highest BCUT2D eigenvalue weighted by Gasteiger charge is 2.10. The molecule has 0 saturated heterocycles. The largest absolute Gasteiger partial charge is 0.349 e. The van der Waals surface area contributed by atoms with Gasteiger partial charge in [0.2, 0.25) is 5.91 Å². The van der Waals surface area contributed by atoms with Gasteiger partial charge < -0.3 is 10.6 Å². The van der Waals surface area contributed by atoms with Crippen molar-refractivity contribution in [2.24, 2.45) is 0 Å². The number of anilines is 1. The number of hydrogen-bond acceptors (Lipinski definition) is 2. The number of nitrogens with one attached hydrogen (secondary N) is 2. The van der Waals surface area contributed by atoms with Gasteiger partial charge in [0.15, 0.2) is 0 Å². The molecule has 0 aliphatic heterocycles. The summed E-state index contributed by atoms with van der Waals surface area (Å²) in [6, 6.07) is 6.84. The van der Waals surface area contributed by atoms with Crippen LogP contribution < -0.4 is 10.6 Å². The van der Waals surface area contributed by atoms with Crippen molar-refractivity contribution in [3.05, 3.63) is 42.5 Å². The lowest BCUT2D eigenvalue weighted by Gasteiger charge is -2.09. The van der Waals surface area contributed by atoms with E-state index in [4.69, 9.17) is 0 Å². The van der Waals surface area contributed by atoms with E-state index in [1.165, 1.54) is 6.92 Å². The van der Waals surface area contributed by atoms with Gasteiger partial charge in [0, 0.05) is 13.5 Å². The molecule has 4 nitrogen and oxygen atoms in total. The van der Waals surface area contributed by atoms with Crippen LogP contribution in [0.2, 0.25) is 0 Å². The zero-order chi connectivity index (χ0) is 12.0. The van der Waals surface area contributed by atoms with E-state index in [1.807, 2.05) is 0 Å². The Morgan fingerprint density at radius 3 is 2.69 bits per heavy atom. The molecule has 0 spiro atoms. The summed E-state index contributed by atoms with van der Waals surface area (Å²) in [4.78, 5) is 22.6. The highest BCUT2D eigenvalue weighted by atomic mass is 16.2. The zero-order valence-corrected chi connectivity index (χ0v) is 9.12. The standard InChI is InChI=1S/C12H14N2O2/c1-3-8-13-12(16)10-6-4-5-7-11(10)14-9(2)15/h3-7H,1,8H2,2H3,(H,13,16)(H,14,15). The summed E-state index contributed by atoms with van der Waals surface area (Å²) in [6.07, 6.45) is 1.60. The van der Waals surface area contributed by atoms with Crippen molar-refractivity contribution in [2.45, 2.75) is 6.92 Å². The molecule has 0 bridgehead atoms. The Hall–Kier alpha value is -2.10. The second-order valence-electron chi connectivity index (χ2n) is 3.23. The number of carbonyl (C=O) groups is 2. The molecule has 4 heteroatoms. The monoisotopic (exact) mass is 218 g/mol. The molecule has 1 rings (SSSR count). The lowest BCUT2D eigenvalue weighted by atomic mass is 10.1. The predicted octanol–water partition coefficient (Wildman–Crippen LogP) is 1.56. The summed E-state index contributed by atoms with van der Waals surface area (Å²) < 4.78 is 0. The number of benzene rings is 1. The molecule has 0 heterocycles. The molecule has 0 radical (unpaired) electrons. The van der Waals surface area contributed by atoms with Crippen LogP contribution in [0.4, 0.5) is 5.69 Å². The minimum Gasteiger partial charge on any atom is -0.349 e. The molecule has 0 aliphatic carbocycles. The molecule has 0 saturated carbocycles. The van der Waals surface area contributed by atoms with Gasteiger partial charge in [-0.25, -0.2) is 0 Å². The Kier molecular flexibility index (Phi) is 4.27. The van der Waals surface area contributed by atoms with E-state index in [2.05, 4.69) is 17.2 Å². The second kappa shape index (κ2) is 5.70. The normalized spacial score (nSPS) is 9.31. The zero-order valence-electron chi connectivity index (χ0n) is 9.12. The lowest BCUT2D eigenvalue weighted by molar-refractivity contribution is -0.114. The van der Waals surface area contributed by atoms with Gasteiger partial charge in [-0.15, -0.1) is 6.58 Å². The lowest BCUT2D eigenvalue weighted by Crippen LogP contribution is -2.24. The van der Waals surface area contributed by atoms with Crippen LogP contribution in [0.3, 0.4) is 0 Å². The summed E-state index contributed by atoms with van der Waals surface area (Å²) >= 11 is 0. The maximum atomic E-state index is 11.7. The van der Waals surface area contributed by atoms with Crippen LogP contribution in [-0.2, 0) is 4.79 Å². The van der Waals surface area contributed by atoms with E-state index < -0.39 is 0 Å². The quantitative estimate of drug-likeness (QED) is 0.753. The van der Waals surface area contributed by atoms with Gasteiger partial charge >= 0.3 is 0 Å². The average molecular weight is 218 g/mol. The number of para-hydroxylation sites is 1. The van der Waals surface area contributed by atoms with E-state index >= 15 is 0 Å². The topological polar surface area (TPSA) is 58.2 Å². The molecular formula is C12H14N2O2. The molecule has 0 unspecified atom stereocenters. The molecule has 84 valence electrons. The highest BCUT2D eigenvalue weighted by molar-refractivity contribution is 6.03. The Balaban J connectivity index is 2.89. The maximum absolute atomic E-state index is 11.7. The molecule has 16 heavy (non-hydrogen) atoms. The first kappa shape index (κ1) is 12.0. The minimum atomic E-state index is -0.232. The molecule has 0 aromatic heterocycles. The van der Waals surface area contributed by atoms with Crippen LogP contribution in [0.1, 0.15) is 17.3 Å². The summed E-state index contributed by atoms with van der Waals surface area (Å²) in [6.45, 7) is 5.31. The Labute approximate surface area is 94.4 Å². The van der Waals surface area contributed by atoms with Crippen LogP contribution in [0.5, 0.6) is 0 Å².